The fraction of sp³-hybridized carbons (Fsp3) is 0.250. The lowest BCUT2D eigenvalue weighted by Crippen LogP contribution is -2.49. The van der Waals surface area contributed by atoms with Gasteiger partial charge in [-0.25, -0.2) is 9.97 Å². The van der Waals surface area contributed by atoms with E-state index < -0.39 is 0 Å². The average molecular weight is 293 g/mol. The van der Waals surface area contributed by atoms with Crippen molar-refractivity contribution in [1.82, 2.24) is 24.3 Å². The molecule has 1 saturated heterocycles. The Morgan fingerprint density at radius 1 is 1.18 bits per heavy atom. The van der Waals surface area contributed by atoms with Gasteiger partial charge in [-0.05, 0) is 25.1 Å². The molecule has 1 fully saturated rings. The highest BCUT2D eigenvalue weighted by molar-refractivity contribution is 5.95. The van der Waals surface area contributed by atoms with Gasteiger partial charge in [-0.1, -0.05) is 6.07 Å². The van der Waals surface area contributed by atoms with E-state index in [4.69, 9.17) is 0 Å². The Bertz CT molecular complexity index is 836. The highest BCUT2D eigenvalue weighted by Crippen LogP contribution is 2.27. The summed E-state index contributed by atoms with van der Waals surface area (Å²) < 4.78 is 1.76. The third-order valence-electron chi connectivity index (χ3n) is 4.06. The minimum atomic E-state index is 0.00480. The van der Waals surface area contributed by atoms with Crippen molar-refractivity contribution in [3.63, 3.8) is 0 Å². The molecule has 1 aliphatic rings. The predicted octanol–water partition coefficient (Wildman–Crippen LogP) is 1.67. The van der Waals surface area contributed by atoms with Gasteiger partial charge in [0.2, 0.25) is 5.78 Å². The Hall–Kier alpha value is -2.76. The van der Waals surface area contributed by atoms with Gasteiger partial charge in [-0.3, -0.25) is 14.2 Å². The number of imidazole rings is 1. The fourth-order valence-electron chi connectivity index (χ4n) is 2.85. The van der Waals surface area contributed by atoms with E-state index in [1.165, 1.54) is 0 Å². The van der Waals surface area contributed by atoms with Gasteiger partial charge >= 0.3 is 0 Å². The molecular formula is C16H15N5O. The molecule has 0 aliphatic carbocycles. The lowest BCUT2D eigenvalue weighted by atomic mass is 9.95. The van der Waals surface area contributed by atoms with E-state index in [2.05, 4.69) is 15.0 Å². The van der Waals surface area contributed by atoms with E-state index >= 15 is 0 Å². The Morgan fingerprint density at radius 3 is 2.77 bits per heavy atom. The standard InChI is InChI=1S/C16H15N5O/c1-11-14(21-8-4-7-18-16(21)19-11)15(22)20-9-12(10-20)13-5-2-3-6-17-13/h2-8,12H,9-10H2,1H3. The number of fused-ring (bicyclic) bond motifs is 1. The summed E-state index contributed by atoms with van der Waals surface area (Å²) in [6, 6.07) is 7.69. The fourth-order valence-corrected chi connectivity index (χ4v) is 2.85. The van der Waals surface area contributed by atoms with Crippen LogP contribution >= 0.6 is 0 Å². The van der Waals surface area contributed by atoms with Gasteiger partial charge in [-0.2, -0.15) is 0 Å². The van der Waals surface area contributed by atoms with Crippen molar-refractivity contribution < 1.29 is 4.79 Å². The quantitative estimate of drug-likeness (QED) is 0.721. The summed E-state index contributed by atoms with van der Waals surface area (Å²) in [5.41, 5.74) is 2.36. The van der Waals surface area contributed by atoms with Gasteiger partial charge in [0.25, 0.3) is 5.91 Å². The van der Waals surface area contributed by atoms with Gasteiger partial charge in [0.05, 0.1) is 5.69 Å². The third-order valence-corrected chi connectivity index (χ3v) is 4.06. The topological polar surface area (TPSA) is 63.4 Å². The first-order valence-corrected chi connectivity index (χ1v) is 7.24. The number of carbonyl (C=O) groups is 1. The second kappa shape index (κ2) is 4.91. The maximum Gasteiger partial charge on any atom is 0.272 e. The van der Waals surface area contributed by atoms with E-state index in [0.717, 1.165) is 5.69 Å². The molecule has 0 atom stereocenters. The van der Waals surface area contributed by atoms with Crippen LogP contribution in [0.3, 0.4) is 0 Å². The average Bonchev–Trinajstić information content (AvgIpc) is 2.82. The molecule has 6 nitrogen and oxygen atoms in total. The maximum absolute atomic E-state index is 12.7. The summed E-state index contributed by atoms with van der Waals surface area (Å²) >= 11 is 0. The molecule has 3 aromatic heterocycles. The maximum atomic E-state index is 12.7. The summed E-state index contributed by atoms with van der Waals surface area (Å²) in [5.74, 6) is 0.887. The molecule has 0 spiro atoms. The zero-order valence-electron chi connectivity index (χ0n) is 12.2. The highest BCUT2D eigenvalue weighted by Gasteiger charge is 2.35. The highest BCUT2D eigenvalue weighted by atomic mass is 16.2. The first-order valence-electron chi connectivity index (χ1n) is 7.24. The number of pyridine rings is 1. The van der Waals surface area contributed by atoms with Gasteiger partial charge in [0, 0.05) is 43.3 Å². The van der Waals surface area contributed by atoms with E-state index in [0.29, 0.717) is 36.2 Å². The van der Waals surface area contributed by atoms with Crippen molar-refractivity contribution >= 4 is 11.7 Å². The molecule has 0 radical (unpaired) electrons. The van der Waals surface area contributed by atoms with E-state index in [1.54, 1.807) is 22.9 Å². The number of aromatic nitrogens is 4. The van der Waals surface area contributed by atoms with E-state index in [1.807, 2.05) is 36.2 Å². The Balaban J connectivity index is 1.57. The third kappa shape index (κ3) is 1.95. The van der Waals surface area contributed by atoms with Gasteiger partial charge in [0.15, 0.2) is 0 Å². The summed E-state index contributed by atoms with van der Waals surface area (Å²) in [4.78, 5) is 27.4. The molecule has 110 valence electrons. The van der Waals surface area contributed by atoms with Crippen molar-refractivity contribution in [3.05, 3.63) is 59.9 Å². The minimum absolute atomic E-state index is 0.00480. The summed E-state index contributed by atoms with van der Waals surface area (Å²) in [7, 11) is 0. The second-order valence-corrected chi connectivity index (χ2v) is 5.50. The smallest absolute Gasteiger partial charge is 0.272 e. The number of hydrogen-bond acceptors (Lipinski definition) is 4. The number of aryl methyl sites for hydroxylation is 1. The molecular weight excluding hydrogens is 278 g/mol. The summed E-state index contributed by atoms with van der Waals surface area (Å²) in [6.07, 6.45) is 5.29. The van der Waals surface area contributed by atoms with Crippen LogP contribution in [0.4, 0.5) is 0 Å². The SMILES string of the molecule is Cc1nc2ncccn2c1C(=O)N1CC(c2ccccn2)C1. The Kier molecular flexibility index (Phi) is 2.89. The van der Waals surface area contributed by atoms with Crippen molar-refractivity contribution in [1.29, 1.82) is 0 Å². The van der Waals surface area contributed by atoms with Crippen molar-refractivity contribution in [2.24, 2.45) is 0 Å². The van der Waals surface area contributed by atoms with Crippen molar-refractivity contribution in [3.8, 4) is 0 Å². The Morgan fingerprint density at radius 2 is 2.00 bits per heavy atom. The normalized spacial score (nSPS) is 15.0. The van der Waals surface area contributed by atoms with E-state index in [-0.39, 0.29) is 5.91 Å². The van der Waals surface area contributed by atoms with Crippen LogP contribution in [0.2, 0.25) is 0 Å². The number of hydrogen-bond donors (Lipinski definition) is 0. The molecule has 0 unspecified atom stereocenters. The van der Waals surface area contributed by atoms with Crippen LogP contribution in [0, 0.1) is 6.92 Å². The predicted molar refractivity (Wildman–Crippen MR) is 80.6 cm³/mol. The molecule has 22 heavy (non-hydrogen) atoms. The lowest BCUT2D eigenvalue weighted by Gasteiger charge is -2.38. The van der Waals surface area contributed by atoms with Crippen molar-refractivity contribution in [2.45, 2.75) is 12.8 Å². The molecule has 0 saturated carbocycles. The van der Waals surface area contributed by atoms with Crippen LogP contribution in [0.25, 0.3) is 5.78 Å². The summed E-state index contributed by atoms with van der Waals surface area (Å²) in [5, 5.41) is 0. The van der Waals surface area contributed by atoms with Gasteiger partial charge in [-0.15, -0.1) is 0 Å². The van der Waals surface area contributed by atoms with Crippen LogP contribution in [-0.4, -0.2) is 43.2 Å². The van der Waals surface area contributed by atoms with Gasteiger partial charge in [0.1, 0.15) is 5.69 Å². The first-order chi connectivity index (χ1) is 10.7. The molecule has 1 aliphatic heterocycles. The molecule has 4 rings (SSSR count). The molecule has 0 N–H and O–H groups in total. The molecule has 0 bridgehead atoms. The van der Waals surface area contributed by atoms with Crippen LogP contribution in [0.1, 0.15) is 27.8 Å². The number of carbonyl (C=O) groups excluding carboxylic acids is 1. The monoisotopic (exact) mass is 293 g/mol. The molecule has 3 aromatic rings. The van der Waals surface area contributed by atoms with Crippen molar-refractivity contribution in [2.75, 3.05) is 13.1 Å². The minimum Gasteiger partial charge on any atom is -0.336 e. The van der Waals surface area contributed by atoms with Crippen LogP contribution in [-0.2, 0) is 0 Å². The molecule has 4 heterocycles. The first kappa shape index (κ1) is 12.9. The second-order valence-electron chi connectivity index (χ2n) is 5.50. The zero-order valence-corrected chi connectivity index (χ0v) is 12.2. The number of likely N-dealkylation sites (tertiary alicyclic amines) is 1. The lowest BCUT2D eigenvalue weighted by molar-refractivity contribution is 0.0590. The van der Waals surface area contributed by atoms with Crippen LogP contribution < -0.4 is 0 Å². The van der Waals surface area contributed by atoms with Crippen LogP contribution in [0.15, 0.2) is 42.9 Å². The number of nitrogens with zero attached hydrogens (tertiary/aromatic N) is 5. The molecule has 6 heteroatoms. The zero-order chi connectivity index (χ0) is 15.1. The summed E-state index contributed by atoms with van der Waals surface area (Å²) in [6.45, 7) is 3.24. The number of rotatable bonds is 2. The van der Waals surface area contributed by atoms with E-state index in [9.17, 15) is 4.79 Å². The Labute approximate surface area is 127 Å². The number of amides is 1. The molecule has 0 aromatic carbocycles. The largest absolute Gasteiger partial charge is 0.336 e. The van der Waals surface area contributed by atoms with Gasteiger partial charge < -0.3 is 4.90 Å². The molecule has 1 amide bonds. The van der Waals surface area contributed by atoms with Crippen LogP contribution in [0.5, 0.6) is 0 Å².